The van der Waals surface area contributed by atoms with Crippen LogP contribution in [0.1, 0.15) is 5.69 Å². The Morgan fingerprint density at radius 1 is 1.13 bits per heavy atom. The molecule has 3 rings (SSSR count). The minimum absolute atomic E-state index is 0.0429. The van der Waals surface area contributed by atoms with Crippen molar-refractivity contribution in [3.05, 3.63) is 46.4 Å². The fourth-order valence-electron chi connectivity index (χ4n) is 2.75. The van der Waals surface area contributed by atoms with Gasteiger partial charge in [0.2, 0.25) is 16.5 Å². The number of nitrogens with zero attached hydrogens (tertiary/aromatic N) is 5. The van der Waals surface area contributed by atoms with E-state index in [-0.39, 0.29) is 23.6 Å². The highest BCUT2D eigenvalue weighted by Gasteiger charge is 2.14. The van der Waals surface area contributed by atoms with Crippen molar-refractivity contribution >= 4 is 23.4 Å². The molecular formula is C19H22N6O5S. The molecule has 0 radical (unpaired) electrons. The molecule has 164 valence electrons. The summed E-state index contributed by atoms with van der Waals surface area (Å²) < 4.78 is 18.8. The Morgan fingerprint density at radius 2 is 1.90 bits per heavy atom. The number of aryl methyl sites for hydroxylation is 1. The van der Waals surface area contributed by atoms with E-state index in [0.717, 1.165) is 0 Å². The molecule has 0 unspecified atom stereocenters. The molecule has 0 saturated carbocycles. The SMILES string of the molecule is COc1ccc(NC(=O)Cn2cc(OC)c(=O)cc2CSc2nnnn2C)c(OC)c1. The Labute approximate surface area is 182 Å². The van der Waals surface area contributed by atoms with Crippen LogP contribution in [0.3, 0.4) is 0 Å². The standard InChI is InChI=1S/C19H22N6O5S/c1-24-19(21-22-23-24)31-11-12-7-15(26)17(30-4)9-25(12)10-18(27)20-14-6-5-13(28-2)8-16(14)29-3/h5-9H,10-11H2,1-4H3,(H,20,27). The predicted molar refractivity (Wildman–Crippen MR) is 114 cm³/mol. The number of tetrazole rings is 1. The average Bonchev–Trinajstić information content (AvgIpc) is 3.18. The smallest absolute Gasteiger partial charge is 0.244 e. The first-order chi connectivity index (χ1) is 14.9. The van der Waals surface area contributed by atoms with Crippen LogP contribution >= 0.6 is 11.8 Å². The van der Waals surface area contributed by atoms with Crippen LogP contribution in [0.15, 0.2) is 40.4 Å². The van der Waals surface area contributed by atoms with Crippen LogP contribution < -0.4 is 25.0 Å². The first-order valence-electron chi connectivity index (χ1n) is 9.09. The van der Waals surface area contributed by atoms with Gasteiger partial charge in [-0.3, -0.25) is 9.59 Å². The van der Waals surface area contributed by atoms with Crippen LogP contribution in [0, 0.1) is 0 Å². The van der Waals surface area contributed by atoms with E-state index in [1.165, 1.54) is 42.9 Å². The maximum Gasteiger partial charge on any atom is 0.244 e. The molecule has 0 atom stereocenters. The number of thioether (sulfide) groups is 1. The van der Waals surface area contributed by atoms with Crippen LogP contribution in [0.2, 0.25) is 0 Å². The number of pyridine rings is 1. The molecule has 3 aromatic rings. The molecule has 0 bridgehead atoms. The van der Waals surface area contributed by atoms with Crippen molar-refractivity contribution in [1.29, 1.82) is 0 Å². The normalized spacial score (nSPS) is 10.6. The maximum atomic E-state index is 12.7. The van der Waals surface area contributed by atoms with Crippen molar-refractivity contribution in [1.82, 2.24) is 24.8 Å². The number of rotatable bonds is 9. The van der Waals surface area contributed by atoms with Gasteiger partial charge in [-0.25, -0.2) is 4.68 Å². The first-order valence-corrected chi connectivity index (χ1v) is 10.1. The molecular weight excluding hydrogens is 424 g/mol. The third-order valence-electron chi connectivity index (χ3n) is 4.33. The molecule has 0 spiro atoms. The van der Waals surface area contributed by atoms with Gasteiger partial charge in [-0.1, -0.05) is 11.8 Å². The molecule has 1 aromatic carbocycles. The monoisotopic (exact) mass is 446 g/mol. The van der Waals surface area contributed by atoms with E-state index in [1.54, 1.807) is 36.9 Å². The molecule has 31 heavy (non-hydrogen) atoms. The Kier molecular flexibility index (Phi) is 7.13. The summed E-state index contributed by atoms with van der Waals surface area (Å²) in [5, 5.41) is 14.7. The van der Waals surface area contributed by atoms with Crippen molar-refractivity contribution in [2.75, 3.05) is 26.6 Å². The topological polar surface area (TPSA) is 122 Å². The maximum absolute atomic E-state index is 12.7. The Morgan fingerprint density at radius 3 is 2.55 bits per heavy atom. The fraction of sp³-hybridized carbons (Fsp3) is 0.316. The number of benzene rings is 1. The molecule has 0 aliphatic heterocycles. The van der Waals surface area contributed by atoms with Crippen molar-refractivity contribution in [2.45, 2.75) is 17.5 Å². The summed E-state index contributed by atoms with van der Waals surface area (Å²) in [6, 6.07) is 6.53. The quantitative estimate of drug-likeness (QED) is 0.485. The van der Waals surface area contributed by atoms with Gasteiger partial charge < -0.3 is 24.1 Å². The molecule has 2 aromatic heterocycles. The van der Waals surface area contributed by atoms with Gasteiger partial charge in [-0.15, -0.1) is 5.10 Å². The van der Waals surface area contributed by atoms with Crippen molar-refractivity contribution < 1.29 is 19.0 Å². The highest BCUT2D eigenvalue weighted by molar-refractivity contribution is 7.98. The Hall–Kier alpha value is -3.54. The van der Waals surface area contributed by atoms with Gasteiger partial charge in [0.05, 0.1) is 33.2 Å². The summed E-state index contributed by atoms with van der Waals surface area (Å²) in [5.74, 6) is 1.30. The molecule has 2 heterocycles. The number of hydrogen-bond acceptors (Lipinski definition) is 9. The van der Waals surface area contributed by atoms with Gasteiger partial charge >= 0.3 is 0 Å². The number of amides is 1. The van der Waals surface area contributed by atoms with E-state index in [9.17, 15) is 9.59 Å². The second kappa shape index (κ2) is 9.98. The number of nitrogens with one attached hydrogen (secondary N) is 1. The van der Waals surface area contributed by atoms with Crippen LogP contribution in [0.4, 0.5) is 5.69 Å². The highest BCUT2D eigenvalue weighted by Crippen LogP contribution is 2.29. The number of ether oxygens (including phenoxy) is 3. The zero-order valence-electron chi connectivity index (χ0n) is 17.5. The number of methoxy groups -OCH3 is 3. The van der Waals surface area contributed by atoms with E-state index in [1.807, 2.05) is 0 Å². The molecule has 1 amide bonds. The zero-order valence-corrected chi connectivity index (χ0v) is 18.3. The van der Waals surface area contributed by atoms with Gasteiger partial charge in [0, 0.05) is 30.6 Å². The summed E-state index contributed by atoms with van der Waals surface area (Å²) in [7, 11) is 6.18. The number of hydrogen-bond donors (Lipinski definition) is 1. The number of aromatic nitrogens is 5. The summed E-state index contributed by atoms with van der Waals surface area (Å²) >= 11 is 1.35. The lowest BCUT2D eigenvalue weighted by atomic mass is 10.2. The summed E-state index contributed by atoms with van der Waals surface area (Å²) in [4.78, 5) is 25.0. The summed E-state index contributed by atoms with van der Waals surface area (Å²) in [5.41, 5.74) is 0.848. The molecule has 11 nitrogen and oxygen atoms in total. The lowest BCUT2D eigenvalue weighted by Gasteiger charge is -2.16. The molecule has 0 aliphatic carbocycles. The van der Waals surface area contributed by atoms with E-state index in [2.05, 4.69) is 20.8 Å². The average molecular weight is 446 g/mol. The minimum atomic E-state index is -0.305. The van der Waals surface area contributed by atoms with Crippen molar-refractivity contribution in [2.24, 2.45) is 7.05 Å². The molecule has 0 fully saturated rings. The van der Waals surface area contributed by atoms with E-state index < -0.39 is 0 Å². The largest absolute Gasteiger partial charge is 0.497 e. The molecule has 0 saturated heterocycles. The second-order valence-corrected chi connectivity index (χ2v) is 7.26. The van der Waals surface area contributed by atoms with E-state index in [0.29, 0.717) is 33.8 Å². The fourth-order valence-corrected chi connectivity index (χ4v) is 3.59. The third kappa shape index (κ3) is 5.34. The van der Waals surface area contributed by atoms with Crippen molar-refractivity contribution in [3.63, 3.8) is 0 Å². The van der Waals surface area contributed by atoms with Gasteiger partial charge in [-0.2, -0.15) is 0 Å². The van der Waals surface area contributed by atoms with E-state index in [4.69, 9.17) is 14.2 Å². The van der Waals surface area contributed by atoms with Crippen LogP contribution in [-0.2, 0) is 24.1 Å². The van der Waals surface area contributed by atoms with Gasteiger partial charge in [-0.05, 0) is 22.6 Å². The van der Waals surface area contributed by atoms with Crippen LogP contribution in [0.5, 0.6) is 17.2 Å². The van der Waals surface area contributed by atoms with Gasteiger partial charge in [0.1, 0.15) is 18.0 Å². The van der Waals surface area contributed by atoms with Gasteiger partial charge in [0.25, 0.3) is 0 Å². The molecule has 12 heteroatoms. The Bertz CT molecular complexity index is 1130. The molecule has 0 aliphatic rings. The Balaban J connectivity index is 1.81. The summed E-state index contributed by atoms with van der Waals surface area (Å²) in [6.07, 6.45) is 1.51. The number of anilines is 1. The van der Waals surface area contributed by atoms with Crippen molar-refractivity contribution in [3.8, 4) is 17.2 Å². The van der Waals surface area contributed by atoms with Gasteiger partial charge in [0.15, 0.2) is 5.75 Å². The summed E-state index contributed by atoms with van der Waals surface area (Å²) in [6.45, 7) is -0.0429. The van der Waals surface area contributed by atoms with Crippen LogP contribution in [0.25, 0.3) is 0 Å². The third-order valence-corrected chi connectivity index (χ3v) is 5.37. The van der Waals surface area contributed by atoms with E-state index >= 15 is 0 Å². The zero-order chi connectivity index (χ0) is 22.4. The second-order valence-electron chi connectivity index (χ2n) is 6.31. The molecule has 1 N–H and O–H groups in total. The predicted octanol–water partition coefficient (Wildman–Crippen LogP) is 1.33. The lowest BCUT2D eigenvalue weighted by molar-refractivity contribution is -0.116. The van der Waals surface area contributed by atoms with Crippen LogP contribution in [-0.4, -0.2) is 52.0 Å². The number of carbonyl (C=O) groups is 1. The number of carbonyl (C=O) groups excluding carboxylic acids is 1. The lowest BCUT2D eigenvalue weighted by Crippen LogP contribution is -2.23. The minimum Gasteiger partial charge on any atom is -0.497 e. The highest BCUT2D eigenvalue weighted by atomic mass is 32.2. The first kappa shape index (κ1) is 22.2.